The van der Waals surface area contributed by atoms with E-state index >= 15 is 0 Å². The number of ether oxygens (including phenoxy) is 1. The number of nitrogens with zero attached hydrogens (tertiary/aromatic N) is 2. The van der Waals surface area contributed by atoms with Gasteiger partial charge in [-0.1, -0.05) is 24.3 Å². The molecule has 0 spiro atoms. The molecule has 2 aliphatic rings. The van der Waals surface area contributed by atoms with Crippen LogP contribution in [0, 0.1) is 6.92 Å². The molecule has 0 saturated carbocycles. The molecule has 2 aliphatic heterocycles. The highest BCUT2D eigenvalue weighted by Crippen LogP contribution is 2.39. The third kappa shape index (κ3) is 2.30. The van der Waals surface area contributed by atoms with Crippen LogP contribution in [0.5, 0.6) is 5.75 Å². The number of aryl methyl sites for hydroxylation is 1. The third-order valence-corrected chi connectivity index (χ3v) is 4.55. The first-order chi connectivity index (χ1) is 11.5. The molecule has 4 nitrogen and oxygen atoms in total. The standard InChI is InChI=1S/C20H20N2O2/c1-12(2)24-19-9-17-16(8-13(19)3)20(23)22-11-14-6-4-5-7-15(14)18(22)10-21-17/h4-10,12,18H,11H2,1-3H3. The van der Waals surface area contributed by atoms with Crippen molar-refractivity contribution in [2.24, 2.45) is 4.99 Å². The normalized spacial score (nSPS) is 18.2. The molecule has 4 heteroatoms. The topological polar surface area (TPSA) is 41.9 Å². The molecule has 2 aromatic rings. The first-order valence-electron chi connectivity index (χ1n) is 8.29. The fourth-order valence-electron chi connectivity index (χ4n) is 3.42. The Morgan fingerprint density at radius 2 is 2.04 bits per heavy atom. The number of hydrogen-bond donors (Lipinski definition) is 0. The SMILES string of the molecule is Cc1cc2c(cc1OC(C)C)N=CC1c3ccccc3CN1C2=O. The van der Waals surface area contributed by atoms with Crippen molar-refractivity contribution in [3.8, 4) is 5.75 Å². The van der Waals surface area contributed by atoms with Crippen LogP contribution < -0.4 is 4.74 Å². The fourth-order valence-corrected chi connectivity index (χ4v) is 3.42. The summed E-state index contributed by atoms with van der Waals surface area (Å²) in [6.45, 7) is 6.59. The van der Waals surface area contributed by atoms with Crippen LogP contribution in [-0.4, -0.2) is 23.1 Å². The highest BCUT2D eigenvalue weighted by Gasteiger charge is 2.35. The van der Waals surface area contributed by atoms with E-state index in [9.17, 15) is 4.79 Å². The summed E-state index contributed by atoms with van der Waals surface area (Å²) in [5.74, 6) is 0.819. The fraction of sp³-hybridized carbons (Fsp3) is 0.300. The number of carbonyl (C=O) groups is 1. The molecule has 122 valence electrons. The minimum atomic E-state index is -0.0872. The third-order valence-electron chi connectivity index (χ3n) is 4.55. The first-order valence-corrected chi connectivity index (χ1v) is 8.29. The minimum absolute atomic E-state index is 0.0305. The van der Waals surface area contributed by atoms with Crippen LogP contribution in [0.2, 0.25) is 0 Å². The van der Waals surface area contributed by atoms with E-state index < -0.39 is 0 Å². The van der Waals surface area contributed by atoms with E-state index in [2.05, 4.69) is 17.1 Å². The molecule has 0 N–H and O–H groups in total. The summed E-state index contributed by atoms with van der Waals surface area (Å²) in [6, 6.07) is 11.9. The molecule has 0 bridgehead atoms. The Kier molecular flexibility index (Phi) is 3.41. The molecular weight excluding hydrogens is 300 g/mol. The molecule has 0 saturated heterocycles. The van der Waals surface area contributed by atoms with E-state index in [1.54, 1.807) is 0 Å². The van der Waals surface area contributed by atoms with Gasteiger partial charge >= 0.3 is 0 Å². The predicted molar refractivity (Wildman–Crippen MR) is 94.2 cm³/mol. The van der Waals surface area contributed by atoms with Crippen molar-refractivity contribution in [3.05, 3.63) is 58.7 Å². The molecule has 4 rings (SSSR count). The Hall–Kier alpha value is -2.62. The van der Waals surface area contributed by atoms with Crippen molar-refractivity contribution in [2.75, 3.05) is 0 Å². The summed E-state index contributed by atoms with van der Waals surface area (Å²) < 4.78 is 5.84. The maximum atomic E-state index is 13.1. The number of fused-ring (bicyclic) bond motifs is 4. The maximum absolute atomic E-state index is 13.1. The monoisotopic (exact) mass is 320 g/mol. The Morgan fingerprint density at radius 1 is 1.25 bits per heavy atom. The summed E-state index contributed by atoms with van der Waals surface area (Å²) >= 11 is 0. The van der Waals surface area contributed by atoms with Crippen LogP contribution >= 0.6 is 0 Å². The first kappa shape index (κ1) is 14.9. The van der Waals surface area contributed by atoms with Gasteiger partial charge in [-0.05, 0) is 43.5 Å². The zero-order valence-electron chi connectivity index (χ0n) is 14.1. The molecule has 1 atom stereocenters. The minimum Gasteiger partial charge on any atom is -0.491 e. The van der Waals surface area contributed by atoms with Crippen molar-refractivity contribution in [2.45, 2.75) is 39.5 Å². The Bertz CT molecular complexity index is 855. The molecule has 2 aromatic carbocycles. The van der Waals surface area contributed by atoms with Crippen LogP contribution in [0.25, 0.3) is 0 Å². The van der Waals surface area contributed by atoms with Gasteiger partial charge in [0, 0.05) is 18.8 Å². The second kappa shape index (κ2) is 5.48. The number of hydrogen-bond acceptors (Lipinski definition) is 3. The molecule has 0 aromatic heterocycles. The number of rotatable bonds is 2. The van der Waals surface area contributed by atoms with E-state index in [1.165, 1.54) is 5.56 Å². The van der Waals surface area contributed by atoms with Gasteiger partial charge in [0.1, 0.15) is 5.75 Å². The molecule has 2 heterocycles. The predicted octanol–water partition coefficient (Wildman–Crippen LogP) is 4.20. The Balaban J connectivity index is 1.79. The van der Waals surface area contributed by atoms with Gasteiger partial charge in [0.25, 0.3) is 5.91 Å². The van der Waals surface area contributed by atoms with E-state index in [1.807, 2.05) is 56.2 Å². The van der Waals surface area contributed by atoms with E-state index in [-0.39, 0.29) is 18.1 Å². The zero-order valence-corrected chi connectivity index (χ0v) is 14.1. The number of carbonyl (C=O) groups excluding carboxylic acids is 1. The van der Waals surface area contributed by atoms with Crippen LogP contribution in [0.3, 0.4) is 0 Å². The molecule has 0 radical (unpaired) electrons. The smallest absolute Gasteiger partial charge is 0.257 e. The lowest BCUT2D eigenvalue weighted by Gasteiger charge is -2.21. The Morgan fingerprint density at radius 3 is 2.83 bits per heavy atom. The molecule has 0 fully saturated rings. The highest BCUT2D eigenvalue weighted by atomic mass is 16.5. The van der Waals surface area contributed by atoms with E-state index in [0.717, 1.165) is 16.9 Å². The second-order valence-electron chi connectivity index (χ2n) is 6.66. The van der Waals surface area contributed by atoms with Gasteiger partial charge in [0.05, 0.1) is 23.4 Å². The van der Waals surface area contributed by atoms with Gasteiger partial charge in [0.2, 0.25) is 0 Å². The van der Waals surface area contributed by atoms with Gasteiger partial charge in [-0.15, -0.1) is 0 Å². The zero-order chi connectivity index (χ0) is 16.8. The van der Waals surface area contributed by atoms with Crippen molar-refractivity contribution in [1.29, 1.82) is 0 Å². The van der Waals surface area contributed by atoms with Crippen LogP contribution in [0.1, 0.15) is 46.9 Å². The summed E-state index contributed by atoms with van der Waals surface area (Å²) in [7, 11) is 0. The Labute approximate surface area is 141 Å². The summed E-state index contributed by atoms with van der Waals surface area (Å²) in [6.07, 6.45) is 1.96. The van der Waals surface area contributed by atoms with Gasteiger partial charge in [0.15, 0.2) is 0 Å². The molecule has 1 unspecified atom stereocenters. The highest BCUT2D eigenvalue weighted by molar-refractivity contribution is 6.03. The summed E-state index contributed by atoms with van der Waals surface area (Å²) in [5, 5.41) is 0. The maximum Gasteiger partial charge on any atom is 0.257 e. The van der Waals surface area contributed by atoms with Crippen molar-refractivity contribution in [3.63, 3.8) is 0 Å². The molecule has 24 heavy (non-hydrogen) atoms. The largest absolute Gasteiger partial charge is 0.491 e. The molecule has 1 amide bonds. The molecular formula is C20H20N2O2. The lowest BCUT2D eigenvalue weighted by molar-refractivity contribution is 0.0740. The average Bonchev–Trinajstić information content (AvgIpc) is 2.87. The van der Waals surface area contributed by atoms with Gasteiger partial charge in [-0.3, -0.25) is 9.79 Å². The van der Waals surface area contributed by atoms with Crippen molar-refractivity contribution in [1.82, 2.24) is 4.90 Å². The van der Waals surface area contributed by atoms with E-state index in [4.69, 9.17) is 4.74 Å². The van der Waals surface area contributed by atoms with Gasteiger partial charge in [-0.25, -0.2) is 0 Å². The number of amides is 1. The summed E-state index contributed by atoms with van der Waals surface area (Å²) in [4.78, 5) is 19.6. The lowest BCUT2D eigenvalue weighted by Crippen LogP contribution is -2.29. The van der Waals surface area contributed by atoms with Crippen LogP contribution in [-0.2, 0) is 6.54 Å². The van der Waals surface area contributed by atoms with E-state index in [0.29, 0.717) is 17.8 Å². The summed E-state index contributed by atoms with van der Waals surface area (Å²) in [5.41, 5.74) is 4.66. The van der Waals surface area contributed by atoms with Gasteiger partial charge < -0.3 is 9.64 Å². The number of benzene rings is 2. The molecule has 0 aliphatic carbocycles. The quantitative estimate of drug-likeness (QED) is 0.832. The second-order valence-corrected chi connectivity index (χ2v) is 6.66. The number of aliphatic imine (C=N–C) groups is 1. The lowest BCUT2D eigenvalue weighted by atomic mass is 10.1. The average molecular weight is 320 g/mol. The van der Waals surface area contributed by atoms with Crippen LogP contribution in [0.4, 0.5) is 5.69 Å². The van der Waals surface area contributed by atoms with Crippen molar-refractivity contribution < 1.29 is 9.53 Å². The van der Waals surface area contributed by atoms with Crippen molar-refractivity contribution >= 4 is 17.8 Å². The van der Waals surface area contributed by atoms with Crippen LogP contribution in [0.15, 0.2) is 41.4 Å². The van der Waals surface area contributed by atoms with Gasteiger partial charge in [-0.2, -0.15) is 0 Å².